The molecule has 1 rings (SSSR count). The number of nitrogens with one attached hydrogen (secondary N) is 2. The molecule has 0 atom stereocenters. The summed E-state index contributed by atoms with van der Waals surface area (Å²) in [5.74, 6) is -2.02. The van der Waals surface area contributed by atoms with Crippen LogP contribution in [0.25, 0.3) is 0 Å². The van der Waals surface area contributed by atoms with Crippen LogP contribution in [0, 0.1) is 0 Å². The first kappa shape index (κ1) is 16.4. The molecule has 1 aromatic carbocycles. The zero-order valence-corrected chi connectivity index (χ0v) is 11.5. The average molecular weight is 355 g/mol. The van der Waals surface area contributed by atoms with Crippen LogP contribution in [0.3, 0.4) is 0 Å². The number of carboxylic acid groups (broad SMARTS) is 1. The highest BCUT2D eigenvalue weighted by molar-refractivity contribution is 9.10. The minimum atomic E-state index is -4.41. The molecule has 0 aliphatic heterocycles. The van der Waals surface area contributed by atoms with Crippen molar-refractivity contribution in [1.82, 2.24) is 5.32 Å². The standard InChI is InChI=1S/C11H10BrF3N2O3/c12-6-1-2-7(10(19)20)8(3-6)17-9(18)4-16-5-11(13,14)15/h1-3,16H,4-5H2,(H,17,18)(H,19,20). The molecule has 0 aliphatic rings. The predicted octanol–water partition coefficient (Wildman–Crippen LogP) is 2.24. The number of rotatable bonds is 5. The minimum Gasteiger partial charge on any atom is -0.478 e. The van der Waals surface area contributed by atoms with Gasteiger partial charge in [0.15, 0.2) is 0 Å². The molecule has 0 aliphatic carbocycles. The van der Waals surface area contributed by atoms with Gasteiger partial charge in [-0.25, -0.2) is 4.79 Å². The van der Waals surface area contributed by atoms with E-state index in [0.717, 1.165) is 0 Å². The number of hydrogen-bond acceptors (Lipinski definition) is 3. The third-order valence-electron chi connectivity index (χ3n) is 2.10. The maximum absolute atomic E-state index is 11.9. The third-order valence-corrected chi connectivity index (χ3v) is 2.59. The smallest absolute Gasteiger partial charge is 0.401 e. The molecule has 5 nitrogen and oxygen atoms in total. The van der Waals surface area contributed by atoms with Gasteiger partial charge in [0.1, 0.15) is 0 Å². The first-order valence-corrected chi connectivity index (χ1v) is 6.08. The zero-order valence-electron chi connectivity index (χ0n) is 9.92. The third kappa shape index (κ3) is 5.57. The van der Waals surface area contributed by atoms with Crippen molar-refractivity contribution in [2.75, 3.05) is 18.4 Å². The van der Waals surface area contributed by atoms with Crippen molar-refractivity contribution in [2.45, 2.75) is 6.18 Å². The molecule has 0 saturated heterocycles. The molecule has 0 spiro atoms. The summed E-state index contributed by atoms with van der Waals surface area (Å²) in [7, 11) is 0. The van der Waals surface area contributed by atoms with Gasteiger partial charge < -0.3 is 15.7 Å². The highest BCUT2D eigenvalue weighted by atomic mass is 79.9. The molecule has 0 heterocycles. The van der Waals surface area contributed by atoms with E-state index in [1.165, 1.54) is 18.2 Å². The average Bonchev–Trinajstić information content (AvgIpc) is 2.26. The van der Waals surface area contributed by atoms with Crippen LogP contribution < -0.4 is 10.6 Å². The topological polar surface area (TPSA) is 78.4 Å². The number of alkyl halides is 3. The van der Waals surface area contributed by atoms with Gasteiger partial charge in [-0.05, 0) is 18.2 Å². The molecule has 110 valence electrons. The molecule has 1 amide bonds. The van der Waals surface area contributed by atoms with Crippen LogP contribution in [0.2, 0.25) is 0 Å². The van der Waals surface area contributed by atoms with Gasteiger partial charge in [-0.2, -0.15) is 13.2 Å². The molecular weight excluding hydrogens is 345 g/mol. The Balaban J connectivity index is 2.66. The van der Waals surface area contributed by atoms with Crippen molar-refractivity contribution in [1.29, 1.82) is 0 Å². The van der Waals surface area contributed by atoms with E-state index in [9.17, 15) is 22.8 Å². The minimum absolute atomic E-state index is 0.00526. The molecule has 0 fully saturated rings. The summed E-state index contributed by atoms with van der Waals surface area (Å²) in [5, 5.41) is 13.1. The second kappa shape index (κ2) is 6.71. The van der Waals surface area contributed by atoms with Crippen molar-refractivity contribution >= 4 is 33.5 Å². The van der Waals surface area contributed by atoms with E-state index in [1.54, 1.807) is 0 Å². The van der Waals surface area contributed by atoms with Crippen molar-refractivity contribution in [2.24, 2.45) is 0 Å². The molecule has 0 radical (unpaired) electrons. The number of amides is 1. The van der Waals surface area contributed by atoms with Crippen molar-refractivity contribution in [3.05, 3.63) is 28.2 Å². The lowest BCUT2D eigenvalue weighted by molar-refractivity contribution is -0.126. The van der Waals surface area contributed by atoms with Crippen LogP contribution in [0.1, 0.15) is 10.4 Å². The van der Waals surface area contributed by atoms with E-state index in [0.29, 0.717) is 4.47 Å². The Bertz CT molecular complexity index is 520. The number of carboxylic acids is 1. The normalized spacial score (nSPS) is 11.2. The van der Waals surface area contributed by atoms with Crippen molar-refractivity contribution in [3.8, 4) is 0 Å². The number of hydrogen-bond donors (Lipinski definition) is 3. The van der Waals surface area contributed by atoms with E-state index in [2.05, 4.69) is 21.2 Å². The first-order valence-electron chi connectivity index (χ1n) is 5.29. The summed E-state index contributed by atoms with van der Waals surface area (Å²) in [6.45, 7) is -1.88. The van der Waals surface area contributed by atoms with Gasteiger partial charge in [-0.15, -0.1) is 0 Å². The van der Waals surface area contributed by atoms with E-state index in [1.807, 2.05) is 5.32 Å². The Morgan fingerprint density at radius 2 is 1.95 bits per heavy atom. The highest BCUT2D eigenvalue weighted by Crippen LogP contribution is 2.21. The number of aromatic carboxylic acids is 1. The molecule has 0 aromatic heterocycles. The van der Waals surface area contributed by atoms with Gasteiger partial charge in [0.05, 0.1) is 24.3 Å². The summed E-state index contributed by atoms with van der Waals surface area (Å²) in [4.78, 5) is 22.4. The summed E-state index contributed by atoms with van der Waals surface area (Å²) < 4.78 is 36.2. The maximum atomic E-state index is 11.9. The molecule has 1 aromatic rings. The summed E-state index contributed by atoms with van der Waals surface area (Å²) in [5.41, 5.74) is -0.150. The van der Waals surface area contributed by atoms with Gasteiger partial charge in [-0.1, -0.05) is 15.9 Å². The lowest BCUT2D eigenvalue weighted by atomic mass is 10.2. The summed E-state index contributed by atoms with van der Waals surface area (Å²) in [6, 6.07) is 4.09. The Labute approximate surface area is 120 Å². The van der Waals surface area contributed by atoms with Crippen LogP contribution in [0.4, 0.5) is 18.9 Å². The number of carbonyl (C=O) groups excluding carboxylic acids is 1. The van der Waals surface area contributed by atoms with Crippen LogP contribution in [-0.4, -0.2) is 36.2 Å². The van der Waals surface area contributed by atoms with Gasteiger partial charge in [0.2, 0.25) is 5.91 Å². The first-order chi connectivity index (χ1) is 9.19. The largest absolute Gasteiger partial charge is 0.478 e. The Morgan fingerprint density at radius 3 is 2.50 bits per heavy atom. The number of benzene rings is 1. The number of carbonyl (C=O) groups is 2. The quantitative estimate of drug-likeness (QED) is 0.757. The van der Waals surface area contributed by atoms with Crippen molar-refractivity contribution < 1.29 is 27.9 Å². The highest BCUT2D eigenvalue weighted by Gasteiger charge is 2.26. The van der Waals surface area contributed by atoms with Crippen LogP contribution in [0.5, 0.6) is 0 Å². The second-order valence-corrected chi connectivity index (χ2v) is 4.68. The van der Waals surface area contributed by atoms with Crippen LogP contribution in [0.15, 0.2) is 22.7 Å². The SMILES string of the molecule is O=C(CNCC(F)(F)F)Nc1cc(Br)ccc1C(=O)O. The molecule has 0 bridgehead atoms. The van der Waals surface area contributed by atoms with Gasteiger partial charge in [-0.3, -0.25) is 4.79 Å². The molecule has 9 heteroatoms. The monoisotopic (exact) mass is 354 g/mol. The fourth-order valence-electron chi connectivity index (χ4n) is 1.32. The fraction of sp³-hybridized carbons (Fsp3) is 0.273. The Kier molecular flexibility index (Phi) is 5.52. The summed E-state index contributed by atoms with van der Waals surface area (Å²) in [6.07, 6.45) is -4.41. The van der Waals surface area contributed by atoms with Crippen molar-refractivity contribution in [3.63, 3.8) is 0 Å². The number of halogens is 4. The summed E-state index contributed by atoms with van der Waals surface area (Å²) >= 11 is 3.11. The lowest BCUT2D eigenvalue weighted by Gasteiger charge is -2.10. The van der Waals surface area contributed by atoms with Gasteiger partial charge >= 0.3 is 12.1 Å². The lowest BCUT2D eigenvalue weighted by Crippen LogP contribution is -2.35. The van der Waals surface area contributed by atoms with Crippen LogP contribution >= 0.6 is 15.9 Å². The predicted molar refractivity (Wildman–Crippen MR) is 68.7 cm³/mol. The second-order valence-electron chi connectivity index (χ2n) is 3.76. The van der Waals surface area contributed by atoms with E-state index < -0.39 is 31.1 Å². The molecule has 20 heavy (non-hydrogen) atoms. The van der Waals surface area contributed by atoms with Crippen LogP contribution in [-0.2, 0) is 4.79 Å². The Hall–Kier alpha value is -1.61. The van der Waals surface area contributed by atoms with E-state index >= 15 is 0 Å². The molecule has 0 unspecified atom stereocenters. The van der Waals surface area contributed by atoms with Gasteiger partial charge in [0.25, 0.3) is 0 Å². The molecule has 0 saturated carbocycles. The fourth-order valence-corrected chi connectivity index (χ4v) is 1.68. The van der Waals surface area contributed by atoms with E-state index in [4.69, 9.17) is 5.11 Å². The molecule has 3 N–H and O–H groups in total. The zero-order chi connectivity index (χ0) is 15.3. The maximum Gasteiger partial charge on any atom is 0.401 e. The van der Waals surface area contributed by atoms with Gasteiger partial charge in [0, 0.05) is 4.47 Å². The number of anilines is 1. The Morgan fingerprint density at radius 1 is 1.30 bits per heavy atom. The molecular formula is C11H10BrF3N2O3. The van der Waals surface area contributed by atoms with E-state index in [-0.39, 0.29) is 11.3 Å².